The summed E-state index contributed by atoms with van der Waals surface area (Å²) < 4.78 is 5.35. The van der Waals surface area contributed by atoms with Crippen molar-refractivity contribution in [3.8, 4) is 0 Å². The molecule has 0 aliphatic carbocycles. The van der Waals surface area contributed by atoms with E-state index in [-0.39, 0.29) is 18.4 Å². The van der Waals surface area contributed by atoms with Gasteiger partial charge in [-0.1, -0.05) is 31.2 Å². The third kappa shape index (κ3) is 6.68. The maximum atomic E-state index is 11.7. The molecule has 24 heavy (non-hydrogen) atoms. The third-order valence-electron chi connectivity index (χ3n) is 3.95. The summed E-state index contributed by atoms with van der Waals surface area (Å²) >= 11 is 0. The minimum absolute atomic E-state index is 0.0357. The van der Waals surface area contributed by atoms with Crippen LogP contribution in [-0.2, 0) is 27.4 Å². The maximum Gasteiger partial charge on any atom is 0.239 e. The van der Waals surface area contributed by atoms with Crippen molar-refractivity contribution in [3.63, 3.8) is 0 Å². The Morgan fingerprint density at radius 1 is 1.04 bits per heavy atom. The van der Waals surface area contributed by atoms with Gasteiger partial charge in [0, 0.05) is 32.6 Å². The quantitative estimate of drug-likeness (QED) is 0.746. The van der Waals surface area contributed by atoms with E-state index in [1.807, 2.05) is 19.1 Å². The number of carbonyl (C=O) groups excluding carboxylic acids is 2. The average Bonchev–Trinajstić information content (AvgIpc) is 2.60. The number of hydrogen-bond acceptors (Lipinski definition) is 4. The summed E-state index contributed by atoms with van der Waals surface area (Å²) in [5, 5.41) is 5.42. The summed E-state index contributed by atoms with van der Waals surface area (Å²) in [7, 11) is 0. The fourth-order valence-corrected chi connectivity index (χ4v) is 2.54. The maximum absolute atomic E-state index is 11.7. The zero-order valence-corrected chi connectivity index (χ0v) is 14.3. The van der Waals surface area contributed by atoms with Crippen LogP contribution in [0.25, 0.3) is 0 Å². The molecule has 0 radical (unpaired) electrons. The van der Waals surface area contributed by atoms with Gasteiger partial charge < -0.3 is 15.4 Å². The smallest absolute Gasteiger partial charge is 0.239 e. The molecule has 1 fully saturated rings. The van der Waals surface area contributed by atoms with Crippen LogP contribution in [0.2, 0.25) is 0 Å². The Morgan fingerprint density at radius 3 is 2.38 bits per heavy atom. The summed E-state index contributed by atoms with van der Waals surface area (Å²) in [6.07, 6.45) is 1.24. The number of amides is 2. The Labute approximate surface area is 143 Å². The van der Waals surface area contributed by atoms with E-state index in [0.717, 1.165) is 44.8 Å². The molecular weight excluding hydrogens is 306 g/mol. The van der Waals surface area contributed by atoms with Crippen LogP contribution in [-0.4, -0.2) is 49.6 Å². The van der Waals surface area contributed by atoms with E-state index in [2.05, 4.69) is 27.7 Å². The van der Waals surface area contributed by atoms with Crippen molar-refractivity contribution in [2.24, 2.45) is 0 Å². The second kappa shape index (κ2) is 10.1. The van der Waals surface area contributed by atoms with Gasteiger partial charge in [0.15, 0.2) is 0 Å². The molecule has 2 amide bonds. The zero-order chi connectivity index (χ0) is 17.2. The van der Waals surface area contributed by atoms with Crippen LogP contribution < -0.4 is 10.6 Å². The third-order valence-corrected chi connectivity index (χ3v) is 3.95. The van der Waals surface area contributed by atoms with E-state index in [1.54, 1.807) is 0 Å². The van der Waals surface area contributed by atoms with E-state index in [0.29, 0.717) is 13.0 Å². The van der Waals surface area contributed by atoms with Gasteiger partial charge >= 0.3 is 0 Å². The molecule has 132 valence electrons. The van der Waals surface area contributed by atoms with Gasteiger partial charge in [0.25, 0.3) is 0 Å². The van der Waals surface area contributed by atoms with Crippen LogP contribution in [0, 0.1) is 0 Å². The molecule has 6 heteroatoms. The Hall–Kier alpha value is -1.92. The van der Waals surface area contributed by atoms with Gasteiger partial charge in [-0.15, -0.1) is 0 Å². The van der Waals surface area contributed by atoms with Crippen molar-refractivity contribution in [3.05, 3.63) is 35.4 Å². The molecule has 1 aliphatic heterocycles. The van der Waals surface area contributed by atoms with E-state index in [1.165, 1.54) is 5.56 Å². The van der Waals surface area contributed by atoms with Crippen molar-refractivity contribution < 1.29 is 14.3 Å². The van der Waals surface area contributed by atoms with Gasteiger partial charge in [0.2, 0.25) is 11.8 Å². The molecule has 0 saturated carbocycles. The van der Waals surface area contributed by atoms with Crippen molar-refractivity contribution >= 4 is 11.8 Å². The zero-order valence-electron chi connectivity index (χ0n) is 14.3. The van der Waals surface area contributed by atoms with Crippen LogP contribution in [0.1, 0.15) is 30.9 Å². The fraction of sp³-hybridized carbons (Fsp3) is 0.556. The van der Waals surface area contributed by atoms with Crippen LogP contribution in [0.15, 0.2) is 24.3 Å². The minimum atomic E-state index is -0.170. The molecule has 0 atom stereocenters. The van der Waals surface area contributed by atoms with Gasteiger partial charge in [-0.25, -0.2) is 0 Å². The number of hydrogen-bond donors (Lipinski definition) is 2. The van der Waals surface area contributed by atoms with Crippen LogP contribution in [0.5, 0.6) is 0 Å². The second-order valence-electron chi connectivity index (χ2n) is 6.01. The summed E-state index contributed by atoms with van der Waals surface area (Å²) in [6.45, 7) is 6.93. The number of morpholine rings is 1. The SMILES string of the molecule is CCCC(=O)NCC(=O)NCc1ccc(CN2CCOCC2)cc1. The first kappa shape index (κ1) is 18.4. The first-order chi connectivity index (χ1) is 11.7. The lowest BCUT2D eigenvalue weighted by atomic mass is 10.1. The predicted molar refractivity (Wildman–Crippen MR) is 92.3 cm³/mol. The van der Waals surface area contributed by atoms with Gasteiger partial charge in [-0.3, -0.25) is 14.5 Å². The lowest BCUT2D eigenvalue weighted by Crippen LogP contribution is -2.36. The number of benzene rings is 1. The van der Waals surface area contributed by atoms with Crippen LogP contribution in [0.3, 0.4) is 0 Å². The van der Waals surface area contributed by atoms with E-state index < -0.39 is 0 Å². The molecule has 0 spiro atoms. The molecule has 6 nitrogen and oxygen atoms in total. The fourth-order valence-electron chi connectivity index (χ4n) is 2.54. The normalized spacial score (nSPS) is 15.0. The van der Waals surface area contributed by atoms with Crippen molar-refractivity contribution in [2.75, 3.05) is 32.8 Å². The van der Waals surface area contributed by atoms with E-state index >= 15 is 0 Å². The highest BCUT2D eigenvalue weighted by molar-refractivity contribution is 5.84. The highest BCUT2D eigenvalue weighted by Gasteiger charge is 2.10. The van der Waals surface area contributed by atoms with Crippen LogP contribution in [0.4, 0.5) is 0 Å². The standard InChI is InChI=1S/C18H27N3O3/c1-2-3-17(22)20-13-18(23)19-12-15-4-6-16(7-5-15)14-21-8-10-24-11-9-21/h4-7H,2-3,8-14H2,1H3,(H,19,23)(H,20,22). The number of nitrogens with one attached hydrogen (secondary N) is 2. The highest BCUT2D eigenvalue weighted by atomic mass is 16.5. The van der Waals surface area contributed by atoms with E-state index in [9.17, 15) is 9.59 Å². The summed E-state index contributed by atoms with van der Waals surface area (Å²) in [4.78, 5) is 25.4. The summed E-state index contributed by atoms with van der Waals surface area (Å²) in [5.41, 5.74) is 2.31. The number of rotatable bonds is 8. The largest absolute Gasteiger partial charge is 0.379 e. The molecule has 1 saturated heterocycles. The monoisotopic (exact) mass is 333 g/mol. The lowest BCUT2D eigenvalue weighted by Gasteiger charge is -2.26. The van der Waals surface area contributed by atoms with Gasteiger partial charge in [-0.05, 0) is 17.5 Å². The van der Waals surface area contributed by atoms with Crippen molar-refractivity contribution in [1.29, 1.82) is 0 Å². The van der Waals surface area contributed by atoms with Gasteiger partial charge in [0.1, 0.15) is 0 Å². The molecule has 2 rings (SSSR count). The molecule has 1 aromatic carbocycles. The first-order valence-corrected chi connectivity index (χ1v) is 8.58. The molecular formula is C18H27N3O3. The highest BCUT2D eigenvalue weighted by Crippen LogP contribution is 2.09. The Kier molecular flexibility index (Phi) is 7.71. The number of ether oxygens (including phenoxy) is 1. The Bertz CT molecular complexity index is 525. The molecule has 2 N–H and O–H groups in total. The molecule has 1 aliphatic rings. The minimum Gasteiger partial charge on any atom is -0.379 e. The molecule has 1 aromatic rings. The number of carbonyl (C=O) groups is 2. The lowest BCUT2D eigenvalue weighted by molar-refractivity contribution is -0.126. The van der Waals surface area contributed by atoms with Crippen LogP contribution >= 0.6 is 0 Å². The number of nitrogens with zero attached hydrogens (tertiary/aromatic N) is 1. The molecule has 0 unspecified atom stereocenters. The van der Waals surface area contributed by atoms with Crippen molar-refractivity contribution in [1.82, 2.24) is 15.5 Å². The molecule has 1 heterocycles. The average molecular weight is 333 g/mol. The predicted octanol–water partition coefficient (Wildman–Crippen LogP) is 1.05. The summed E-state index contributed by atoms with van der Waals surface area (Å²) in [5.74, 6) is -0.253. The molecule has 0 bridgehead atoms. The first-order valence-electron chi connectivity index (χ1n) is 8.58. The van der Waals surface area contributed by atoms with Gasteiger partial charge in [0.05, 0.1) is 19.8 Å². The second-order valence-corrected chi connectivity index (χ2v) is 6.01. The molecule has 0 aromatic heterocycles. The van der Waals surface area contributed by atoms with E-state index in [4.69, 9.17) is 4.74 Å². The van der Waals surface area contributed by atoms with Gasteiger partial charge in [-0.2, -0.15) is 0 Å². The Morgan fingerprint density at radius 2 is 1.71 bits per heavy atom. The van der Waals surface area contributed by atoms with Crippen molar-refractivity contribution in [2.45, 2.75) is 32.9 Å². The Balaban J connectivity index is 1.69. The topological polar surface area (TPSA) is 70.7 Å². The summed E-state index contributed by atoms with van der Waals surface area (Å²) in [6, 6.07) is 8.26.